The van der Waals surface area contributed by atoms with E-state index in [0.29, 0.717) is 18.2 Å². The van der Waals surface area contributed by atoms with E-state index in [0.717, 1.165) is 30.4 Å². The summed E-state index contributed by atoms with van der Waals surface area (Å²) in [6.45, 7) is 4.92. The predicted molar refractivity (Wildman–Crippen MR) is 95.1 cm³/mol. The first-order valence-electron chi connectivity index (χ1n) is 8.79. The fourth-order valence-electron chi connectivity index (χ4n) is 3.44. The number of nitrogens with one attached hydrogen (secondary N) is 2. The molecule has 0 aliphatic carbocycles. The number of aromatic amines is 1. The van der Waals surface area contributed by atoms with E-state index in [1.807, 2.05) is 24.3 Å². The summed E-state index contributed by atoms with van der Waals surface area (Å²) in [7, 11) is 0. The number of H-pyrrole nitrogens is 1. The molecular weight excluding hydrogens is 302 g/mol. The van der Waals surface area contributed by atoms with Crippen molar-refractivity contribution in [3.05, 3.63) is 36.0 Å². The Morgan fingerprint density at radius 1 is 1.29 bits per heavy atom. The summed E-state index contributed by atoms with van der Waals surface area (Å²) in [5, 5.41) is 3.55. The largest absolute Gasteiger partial charge is 0.360 e. The van der Waals surface area contributed by atoms with Crippen molar-refractivity contribution in [1.82, 2.24) is 15.2 Å². The van der Waals surface area contributed by atoms with Gasteiger partial charge in [0.05, 0.1) is 5.56 Å². The third kappa shape index (κ3) is 3.67. The highest BCUT2D eigenvalue weighted by molar-refractivity contribution is 6.44. The smallest absolute Gasteiger partial charge is 0.292 e. The molecule has 2 aromatic rings. The molecule has 1 aliphatic rings. The third-order valence-corrected chi connectivity index (χ3v) is 4.89. The number of carbonyl (C=O) groups excluding carboxylic acids is 2. The molecule has 1 saturated heterocycles. The van der Waals surface area contributed by atoms with Crippen molar-refractivity contribution < 1.29 is 9.59 Å². The highest BCUT2D eigenvalue weighted by Gasteiger charge is 2.20. The Kier molecular flexibility index (Phi) is 5.30. The number of nitrogens with zero attached hydrogens (tertiary/aromatic N) is 1. The number of amides is 1. The molecule has 2 heterocycles. The Labute approximate surface area is 142 Å². The average Bonchev–Trinajstić information content (AvgIpc) is 3.03. The van der Waals surface area contributed by atoms with Crippen LogP contribution in [-0.4, -0.2) is 47.3 Å². The normalized spacial score (nSPS) is 18.6. The molecule has 0 bridgehead atoms. The van der Waals surface area contributed by atoms with Gasteiger partial charge < -0.3 is 15.2 Å². The molecule has 2 N–H and O–H groups in total. The van der Waals surface area contributed by atoms with Gasteiger partial charge in [0, 0.05) is 36.2 Å². The fourth-order valence-corrected chi connectivity index (χ4v) is 3.44. The molecule has 1 aliphatic heterocycles. The molecular formula is C19H25N3O2. The summed E-state index contributed by atoms with van der Waals surface area (Å²) in [4.78, 5) is 29.9. The maximum absolute atomic E-state index is 12.3. The van der Waals surface area contributed by atoms with E-state index in [-0.39, 0.29) is 0 Å². The van der Waals surface area contributed by atoms with Crippen LogP contribution < -0.4 is 5.32 Å². The minimum Gasteiger partial charge on any atom is -0.360 e. The SMILES string of the molecule is CC1CCCCN1CCCNC(=O)C(=O)c1c[nH]c2ccccc12. The van der Waals surface area contributed by atoms with Gasteiger partial charge in [-0.1, -0.05) is 24.6 Å². The number of Topliss-reactive ketones (excluding diaryl/α,β-unsaturated/α-hetero) is 1. The summed E-state index contributed by atoms with van der Waals surface area (Å²) in [6.07, 6.45) is 6.31. The maximum atomic E-state index is 12.3. The minimum absolute atomic E-state index is 0.438. The number of para-hydroxylation sites is 1. The van der Waals surface area contributed by atoms with Gasteiger partial charge in [-0.3, -0.25) is 9.59 Å². The number of ketones is 1. The van der Waals surface area contributed by atoms with Gasteiger partial charge in [-0.2, -0.15) is 0 Å². The van der Waals surface area contributed by atoms with Crippen molar-refractivity contribution in [2.75, 3.05) is 19.6 Å². The molecule has 1 amide bonds. The second kappa shape index (κ2) is 7.62. The first-order valence-corrected chi connectivity index (χ1v) is 8.79. The van der Waals surface area contributed by atoms with Crippen molar-refractivity contribution >= 4 is 22.6 Å². The molecule has 1 unspecified atom stereocenters. The molecule has 0 saturated carbocycles. The molecule has 3 rings (SSSR count). The molecule has 24 heavy (non-hydrogen) atoms. The van der Waals surface area contributed by atoms with Crippen molar-refractivity contribution in [3.63, 3.8) is 0 Å². The number of likely N-dealkylation sites (tertiary alicyclic amines) is 1. The average molecular weight is 327 g/mol. The molecule has 128 valence electrons. The topological polar surface area (TPSA) is 65.2 Å². The van der Waals surface area contributed by atoms with E-state index in [2.05, 4.69) is 22.1 Å². The highest BCUT2D eigenvalue weighted by Crippen LogP contribution is 2.18. The summed E-state index contributed by atoms with van der Waals surface area (Å²) >= 11 is 0. The maximum Gasteiger partial charge on any atom is 0.292 e. The van der Waals surface area contributed by atoms with Crippen molar-refractivity contribution in [2.24, 2.45) is 0 Å². The van der Waals surface area contributed by atoms with Gasteiger partial charge in [0.2, 0.25) is 0 Å². The van der Waals surface area contributed by atoms with E-state index in [9.17, 15) is 9.59 Å². The van der Waals surface area contributed by atoms with Crippen LogP contribution in [0.3, 0.4) is 0 Å². The van der Waals surface area contributed by atoms with Crippen molar-refractivity contribution in [1.29, 1.82) is 0 Å². The number of hydrogen-bond donors (Lipinski definition) is 2. The number of benzene rings is 1. The van der Waals surface area contributed by atoms with Crippen LogP contribution in [0.5, 0.6) is 0 Å². The van der Waals surface area contributed by atoms with Crippen LogP contribution in [0.15, 0.2) is 30.5 Å². The molecule has 1 fully saturated rings. The second-order valence-electron chi connectivity index (χ2n) is 6.57. The number of rotatable bonds is 6. The summed E-state index contributed by atoms with van der Waals surface area (Å²) in [6, 6.07) is 8.13. The van der Waals surface area contributed by atoms with Gasteiger partial charge in [-0.05, 0) is 38.8 Å². The molecule has 5 nitrogen and oxygen atoms in total. The Bertz CT molecular complexity index is 722. The van der Waals surface area contributed by atoms with Gasteiger partial charge in [0.15, 0.2) is 0 Å². The Hall–Kier alpha value is -2.14. The standard InChI is InChI=1S/C19H25N3O2/c1-14-7-4-5-11-22(14)12-6-10-20-19(24)18(23)16-13-21-17-9-3-2-8-15(16)17/h2-3,8-9,13-14,21H,4-7,10-12H2,1H3,(H,20,24). The van der Waals surface area contributed by atoms with Crippen molar-refractivity contribution in [3.8, 4) is 0 Å². The van der Waals surface area contributed by atoms with E-state index < -0.39 is 11.7 Å². The van der Waals surface area contributed by atoms with Gasteiger partial charge in [0.1, 0.15) is 0 Å². The lowest BCUT2D eigenvalue weighted by Crippen LogP contribution is -2.39. The number of piperidine rings is 1. The van der Waals surface area contributed by atoms with Gasteiger partial charge in [-0.15, -0.1) is 0 Å². The van der Waals surface area contributed by atoms with E-state index in [1.165, 1.54) is 19.3 Å². The third-order valence-electron chi connectivity index (χ3n) is 4.89. The zero-order chi connectivity index (χ0) is 16.9. The fraction of sp³-hybridized carbons (Fsp3) is 0.474. The van der Waals surface area contributed by atoms with E-state index in [1.54, 1.807) is 6.20 Å². The lowest BCUT2D eigenvalue weighted by molar-refractivity contribution is -0.117. The molecule has 0 spiro atoms. The molecule has 1 aromatic carbocycles. The molecule has 1 aromatic heterocycles. The zero-order valence-electron chi connectivity index (χ0n) is 14.2. The van der Waals surface area contributed by atoms with Crippen LogP contribution in [-0.2, 0) is 4.79 Å². The number of aromatic nitrogens is 1. The quantitative estimate of drug-likeness (QED) is 0.487. The predicted octanol–water partition coefficient (Wildman–Crippen LogP) is 2.73. The number of carbonyl (C=O) groups is 2. The minimum atomic E-state index is -0.522. The van der Waals surface area contributed by atoms with Crippen LogP contribution in [0, 0.1) is 0 Å². The lowest BCUT2D eigenvalue weighted by atomic mass is 10.0. The van der Waals surface area contributed by atoms with Crippen LogP contribution in [0.1, 0.15) is 43.0 Å². The Balaban J connectivity index is 1.49. The van der Waals surface area contributed by atoms with Crippen LogP contribution in [0.2, 0.25) is 0 Å². The summed E-state index contributed by atoms with van der Waals surface area (Å²) < 4.78 is 0. The van der Waals surface area contributed by atoms with Crippen LogP contribution in [0.4, 0.5) is 0 Å². The summed E-state index contributed by atoms with van der Waals surface area (Å²) in [5.41, 5.74) is 1.31. The first kappa shape index (κ1) is 16.7. The van der Waals surface area contributed by atoms with Crippen LogP contribution >= 0.6 is 0 Å². The second-order valence-corrected chi connectivity index (χ2v) is 6.57. The van der Waals surface area contributed by atoms with Gasteiger partial charge in [0.25, 0.3) is 11.7 Å². The molecule has 0 radical (unpaired) electrons. The monoisotopic (exact) mass is 327 g/mol. The van der Waals surface area contributed by atoms with E-state index in [4.69, 9.17) is 0 Å². The Morgan fingerprint density at radius 2 is 2.12 bits per heavy atom. The van der Waals surface area contributed by atoms with Crippen molar-refractivity contribution in [2.45, 2.75) is 38.6 Å². The zero-order valence-corrected chi connectivity index (χ0v) is 14.2. The molecule has 1 atom stereocenters. The van der Waals surface area contributed by atoms with Crippen LogP contribution in [0.25, 0.3) is 10.9 Å². The molecule has 5 heteroatoms. The van der Waals surface area contributed by atoms with E-state index >= 15 is 0 Å². The number of hydrogen-bond acceptors (Lipinski definition) is 3. The van der Waals surface area contributed by atoms with Gasteiger partial charge in [-0.25, -0.2) is 0 Å². The summed E-state index contributed by atoms with van der Waals surface area (Å²) in [5.74, 6) is -0.995. The van der Waals surface area contributed by atoms with Gasteiger partial charge >= 0.3 is 0 Å². The first-order chi connectivity index (χ1) is 11.7. The highest BCUT2D eigenvalue weighted by atomic mass is 16.2. The lowest BCUT2D eigenvalue weighted by Gasteiger charge is -2.33. The number of fused-ring (bicyclic) bond motifs is 1. The Morgan fingerprint density at radius 3 is 2.96 bits per heavy atom.